The Kier molecular flexibility index (Phi) is 4.23. The fraction of sp³-hybridized carbons (Fsp3) is 0.571. The molecule has 4 nitrogen and oxygen atoms in total. The molecule has 1 saturated carbocycles. The van der Waals surface area contributed by atoms with E-state index in [1.807, 2.05) is 0 Å². The van der Waals surface area contributed by atoms with Gasteiger partial charge in [-0.15, -0.1) is 0 Å². The zero-order valence-corrected chi connectivity index (χ0v) is 13.8. The maximum absolute atomic E-state index is 12.6. The van der Waals surface area contributed by atoms with Gasteiger partial charge in [-0.05, 0) is 43.2 Å². The van der Waals surface area contributed by atoms with Crippen molar-refractivity contribution in [2.45, 2.75) is 36.6 Å². The largest absolute Gasteiger partial charge is 0.381 e. The van der Waals surface area contributed by atoms with Crippen LogP contribution in [0.2, 0.25) is 10.0 Å². The van der Waals surface area contributed by atoms with Crippen molar-refractivity contribution in [3.63, 3.8) is 0 Å². The summed E-state index contributed by atoms with van der Waals surface area (Å²) in [6.07, 6.45) is 3.69. The van der Waals surface area contributed by atoms with Gasteiger partial charge in [0.15, 0.2) is 0 Å². The fourth-order valence-corrected chi connectivity index (χ4v) is 5.76. The quantitative estimate of drug-likeness (QED) is 0.911. The first-order chi connectivity index (χ1) is 9.95. The highest BCUT2D eigenvalue weighted by molar-refractivity contribution is 7.89. The van der Waals surface area contributed by atoms with Crippen LogP contribution < -0.4 is 4.72 Å². The van der Waals surface area contributed by atoms with Gasteiger partial charge in [0.2, 0.25) is 10.0 Å². The number of hydrogen-bond acceptors (Lipinski definition) is 3. The number of benzene rings is 1. The number of nitrogens with one attached hydrogen (secondary N) is 1. The van der Waals surface area contributed by atoms with Gasteiger partial charge in [-0.25, -0.2) is 13.1 Å². The van der Waals surface area contributed by atoms with Crippen molar-refractivity contribution in [1.29, 1.82) is 0 Å². The lowest BCUT2D eigenvalue weighted by atomic mass is 9.60. The molecule has 1 heterocycles. The van der Waals surface area contributed by atoms with Gasteiger partial charge < -0.3 is 4.74 Å². The molecule has 0 bridgehead atoms. The maximum Gasteiger partial charge on any atom is 0.243 e. The van der Waals surface area contributed by atoms with Gasteiger partial charge in [0.1, 0.15) is 4.90 Å². The summed E-state index contributed by atoms with van der Waals surface area (Å²) in [5.41, 5.74) is 0.0407. The van der Waals surface area contributed by atoms with Crippen LogP contribution in [-0.4, -0.2) is 27.7 Å². The first kappa shape index (κ1) is 15.6. The van der Waals surface area contributed by atoms with Gasteiger partial charge in [0.25, 0.3) is 0 Å². The highest BCUT2D eigenvalue weighted by atomic mass is 35.5. The zero-order chi connectivity index (χ0) is 15.1. The van der Waals surface area contributed by atoms with E-state index in [4.69, 9.17) is 27.9 Å². The Morgan fingerprint density at radius 3 is 2.29 bits per heavy atom. The monoisotopic (exact) mass is 349 g/mol. The molecule has 3 rings (SSSR count). The molecule has 2 fully saturated rings. The van der Waals surface area contributed by atoms with E-state index >= 15 is 0 Å². The Balaban J connectivity index is 1.84. The Bertz CT molecular complexity index is 621. The van der Waals surface area contributed by atoms with Gasteiger partial charge in [0.05, 0.1) is 10.0 Å². The Morgan fingerprint density at radius 2 is 1.76 bits per heavy atom. The van der Waals surface area contributed by atoms with E-state index in [2.05, 4.69) is 4.72 Å². The summed E-state index contributed by atoms with van der Waals surface area (Å²) in [5, 5.41) is 0.297. The van der Waals surface area contributed by atoms with Crippen molar-refractivity contribution in [2.75, 3.05) is 13.2 Å². The van der Waals surface area contributed by atoms with Crippen LogP contribution in [0.1, 0.15) is 25.7 Å². The van der Waals surface area contributed by atoms with Crippen molar-refractivity contribution in [1.82, 2.24) is 4.72 Å². The van der Waals surface area contributed by atoms with Crippen LogP contribution in [0.5, 0.6) is 0 Å². The summed E-state index contributed by atoms with van der Waals surface area (Å²) in [6.45, 7) is 1.40. The molecular weight excluding hydrogens is 333 g/mol. The summed E-state index contributed by atoms with van der Waals surface area (Å²) in [7, 11) is -3.71. The zero-order valence-electron chi connectivity index (χ0n) is 11.4. The van der Waals surface area contributed by atoms with Crippen LogP contribution in [0.3, 0.4) is 0 Å². The lowest BCUT2D eigenvalue weighted by Crippen LogP contribution is -2.57. The SMILES string of the molecule is O=S(=O)(NC1CCC12CCOCC2)c1c(Cl)cccc1Cl. The van der Waals surface area contributed by atoms with Crippen molar-refractivity contribution in [3.8, 4) is 0 Å². The third-order valence-electron chi connectivity index (χ3n) is 4.64. The van der Waals surface area contributed by atoms with Crippen LogP contribution >= 0.6 is 23.2 Å². The second-order valence-corrected chi connectivity index (χ2v) is 8.20. The van der Waals surface area contributed by atoms with Crippen LogP contribution in [0.25, 0.3) is 0 Å². The molecule has 0 aromatic heterocycles. The Morgan fingerprint density at radius 1 is 1.14 bits per heavy atom. The van der Waals surface area contributed by atoms with Crippen molar-refractivity contribution < 1.29 is 13.2 Å². The molecule has 21 heavy (non-hydrogen) atoms. The minimum absolute atomic E-state index is 0.0255. The lowest BCUT2D eigenvalue weighted by molar-refractivity contribution is -0.0483. The topological polar surface area (TPSA) is 55.4 Å². The van der Waals surface area contributed by atoms with Gasteiger partial charge in [0, 0.05) is 19.3 Å². The molecule has 1 N–H and O–H groups in total. The van der Waals surface area contributed by atoms with E-state index in [0.717, 1.165) is 25.7 Å². The molecule has 1 aliphatic heterocycles. The molecule has 1 aliphatic carbocycles. The van der Waals surface area contributed by atoms with Crippen LogP contribution in [-0.2, 0) is 14.8 Å². The molecule has 116 valence electrons. The molecule has 0 amide bonds. The third-order valence-corrected chi connectivity index (χ3v) is 7.07. The van der Waals surface area contributed by atoms with Crippen LogP contribution in [0.15, 0.2) is 23.1 Å². The smallest absolute Gasteiger partial charge is 0.243 e. The number of rotatable bonds is 3. The number of halogens is 2. The normalized spacial score (nSPS) is 24.8. The van der Waals surface area contributed by atoms with Crippen molar-refractivity contribution >= 4 is 33.2 Å². The first-order valence-electron chi connectivity index (χ1n) is 6.99. The maximum atomic E-state index is 12.6. The number of sulfonamides is 1. The highest BCUT2D eigenvalue weighted by Crippen LogP contribution is 2.49. The van der Waals surface area contributed by atoms with E-state index in [9.17, 15) is 8.42 Å². The Hall–Kier alpha value is -0.330. The third kappa shape index (κ3) is 2.82. The predicted octanol–water partition coefficient (Wildman–Crippen LogP) is 3.23. The minimum atomic E-state index is -3.71. The fourth-order valence-electron chi connectivity index (χ4n) is 3.24. The standard InChI is InChI=1S/C14H17Cl2NO3S/c15-10-2-1-3-11(16)13(10)21(18,19)17-12-4-5-14(12)6-8-20-9-7-14/h1-3,12,17H,4-9H2. The van der Waals surface area contributed by atoms with E-state index in [1.165, 1.54) is 12.1 Å². The number of hydrogen-bond donors (Lipinski definition) is 1. The molecular formula is C14H17Cl2NO3S. The summed E-state index contributed by atoms with van der Waals surface area (Å²) >= 11 is 12.0. The average Bonchev–Trinajstić information content (AvgIpc) is 2.44. The van der Waals surface area contributed by atoms with Crippen LogP contribution in [0, 0.1) is 5.41 Å². The van der Waals surface area contributed by atoms with Crippen molar-refractivity contribution in [2.24, 2.45) is 5.41 Å². The molecule has 2 aliphatic rings. The molecule has 1 unspecified atom stereocenters. The molecule has 1 spiro atoms. The van der Waals surface area contributed by atoms with E-state index in [1.54, 1.807) is 6.07 Å². The molecule has 1 saturated heterocycles. The second-order valence-electron chi connectivity index (χ2n) is 5.74. The van der Waals surface area contributed by atoms with Crippen molar-refractivity contribution in [3.05, 3.63) is 28.2 Å². The van der Waals surface area contributed by atoms with E-state index in [0.29, 0.717) is 13.2 Å². The van der Waals surface area contributed by atoms with E-state index in [-0.39, 0.29) is 26.4 Å². The predicted molar refractivity (Wildman–Crippen MR) is 82.3 cm³/mol. The molecule has 0 radical (unpaired) electrons. The van der Waals surface area contributed by atoms with Gasteiger partial charge in [-0.3, -0.25) is 0 Å². The molecule has 1 aromatic rings. The highest BCUT2D eigenvalue weighted by Gasteiger charge is 2.49. The van der Waals surface area contributed by atoms with E-state index < -0.39 is 10.0 Å². The summed E-state index contributed by atoms with van der Waals surface area (Å²) in [5.74, 6) is 0. The lowest BCUT2D eigenvalue weighted by Gasteiger charge is -2.51. The van der Waals surface area contributed by atoms with Gasteiger partial charge >= 0.3 is 0 Å². The second kappa shape index (κ2) is 5.70. The molecule has 1 atom stereocenters. The van der Waals surface area contributed by atoms with Crippen LogP contribution in [0.4, 0.5) is 0 Å². The Labute approximate surface area is 134 Å². The summed E-state index contributed by atoms with van der Waals surface area (Å²) in [6, 6.07) is 4.64. The molecule has 1 aromatic carbocycles. The average molecular weight is 350 g/mol. The van der Waals surface area contributed by atoms with Gasteiger partial charge in [-0.2, -0.15) is 0 Å². The number of ether oxygens (including phenoxy) is 1. The van der Waals surface area contributed by atoms with Gasteiger partial charge in [-0.1, -0.05) is 29.3 Å². The summed E-state index contributed by atoms with van der Waals surface area (Å²) in [4.78, 5) is -0.0255. The first-order valence-corrected chi connectivity index (χ1v) is 9.23. The summed E-state index contributed by atoms with van der Waals surface area (Å²) < 4.78 is 33.4. The minimum Gasteiger partial charge on any atom is -0.381 e. The molecule has 7 heteroatoms.